The lowest BCUT2D eigenvalue weighted by atomic mass is 10.0. The number of carbonyl (C=O) groups is 1. The van der Waals surface area contributed by atoms with E-state index < -0.39 is 0 Å². The number of ketones is 1. The molecule has 0 unspecified atom stereocenters. The summed E-state index contributed by atoms with van der Waals surface area (Å²) in [4.78, 5) is 10.7. The zero-order valence-electron chi connectivity index (χ0n) is 11.2. The number of carbonyl (C=O) groups excluding carboxylic acids is 1. The first-order valence-corrected chi connectivity index (χ1v) is 6.36. The second-order valence-corrected chi connectivity index (χ2v) is 4.72. The van der Waals surface area contributed by atoms with Gasteiger partial charge in [-0.05, 0) is 63.4 Å². The third kappa shape index (κ3) is 5.64. The molecule has 0 saturated carbocycles. The molecule has 2 heteroatoms. The van der Waals surface area contributed by atoms with Crippen molar-refractivity contribution in [3.63, 3.8) is 0 Å². The predicted molar refractivity (Wildman–Crippen MR) is 72.4 cm³/mol. The van der Waals surface area contributed by atoms with Gasteiger partial charge in [-0.1, -0.05) is 18.2 Å². The Morgan fingerprint density at radius 1 is 1.18 bits per heavy atom. The van der Waals surface area contributed by atoms with E-state index in [0.717, 1.165) is 25.9 Å². The molecule has 0 atom stereocenters. The molecule has 94 valence electrons. The number of hydrogen-bond donors (Lipinski definition) is 1. The molecule has 1 aromatic carbocycles. The minimum atomic E-state index is 0.279. The van der Waals surface area contributed by atoms with E-state index >= 15 is 0 Å². The Kier molecular flexibility index (Phi) is 5.92. The van der Waals surface area contributed by atoms with Gasteiger partial charge in [0.05, 0.1) is 0 Å². The maximum atomic E-state index is 10.7. The van der Waals surface area contributed by atoms with Crippen molar-refractivity contribution < 1.29 is 4.79 Å². The molecule has 17 heavy (non-hydrogen) atoms. The zero-order chi connectivity index (χ0) is 12.7. The van der Waals surface area contributed by atoms with Gasteiger partial charge < -0.3 is 10.1 Å². The minimum absolute atomic E-state index is 0.279. The SMILES string of the molecule is CC(=O)CCCNCCc1ccc(C)c(C)c1. The van der Waals surface area contributed by atoms with Gasteiger partial charge in [0.15, 0.2) is 0 Å². The van der Waals surface area contributed by atoms with Crippen molar-refractivity contribution >= 4 is 5.78 Å². The highest BCUT2D eigenvalue weighted by atomic mass is 16.1. The number of Topliss-reactive ketones (excluding diaryl/α,β-unsaturated/α-hetero) is 1. The van der Waals surface area contributed by atoms with E-state index in [2.05, 4.69) is 37.4 Å². The maximum Gasteiger partial charge on any atom is 0.129 e. The Morgan fingerprint density at radius 2 is 1.94 bits per heavy atom. The summed E-state index contributed by atoms with van der Waals surface area (Å²) in [5.41, 5.74) is 4.09. The number of benzene rings is 1. The molecule has 0 aliphatic rings. The van der Waals surface area contributed by atoms with Crippen LogP contribution in [0.15, 0.2) is 18.2 Å². The molecule has 0 spiro atoms. The first-order chi connectivity index (χ1) is 8.09. The van der Waals surface area contributed by atoms with Crippen LogP contribution in [0.3, 0.4) is 0 Å². The van der Waals surface area contributed by atoms with Gasteiger partial charge >= 0.3 is 0 Å². The molecule has 0 saturated heterocycles. The Morgan fingerprint density at radius 3 is 2.59 bits per heavy atom. The van der Waals surface area contributed by atoms with E-state index in [4.69, 9.17) is 0 Å². The van der Waals surface area contributed by atoms with Crippen molar-refractivity contribution in [2.75, 3.05) is 13.1 Å². The van der Waals surface area contributed by atoms with E-state index in [0.29, 0.717) is 6.42 Å². The fraction of sp³-hybridized carbons (Fsp3) is 0.533. The smallest absolute Gasteiger partial charge is 0.129 e. The molecule has 0 heterocycles. The van der Waals surface area contributed by atoms with Crippen LogP contribution in [0.2, 0.25) is 0 Å². The fourth-order valence-corrected chi connectivity index (χ4v) is 1.78. The van der Waals surface area contributed by atoms with Gasteiger partial charge in [0.2, 0.25) is 0 Å². The van der Waals surface area contributed by atoms with Crippen LogP contribution in [0.5, 0.6) is 0 Å². The van der Waals surface area contributed by atoms with Gasteiger partial charge in [-0.25, -0.2) is 0 Å². The Labute approximate surface area is 104 Å². The molecule has 0 fully saturated rings. The Hall–Kier alpha value is -1.15. The van der Waals surface area contributed by atoms with Crippen LogP contribution < -0.4 is 5.32 Å². The van der Waals surface area contributed by atoms with Crippen molar-refractivity contribution in [1.29, 1.82) is 0 Å². The minimum Gasteiger partial charge on any atom is -0.316 e. The van der Waals surface area contributed by atoms with Crippen LogP contribution >= 0.6 is 0 Å². The molecule has 0 aliphatic heterocycles. The summed E-state index contributed by atoms with van der Waals surface area (Å²) in [6.07, 6.45) is 2.69. The van der Waals surface area contributed by atoms with Crippen LogP contribution in [0.25, 0.3) is 0 Å². The van der Waals surface area contributed by atoms with Crippen LogP contribution in [-0.2, 0) is 11.2 Å². The van der Waals surface area contributed by atoms with Crippen molar-refractivity contribution in [3.05, 3.63) is 34.9 Å². The van der Waals surface area contributed by atoms with E-state index in [-0.39, 0.29) is 5.78 Å². The molecule has 0 aromatic heterocycles. The fourth-order valence-electron chi connectivity index (χ4n) is 1.78. The van der Waals surface area contributed by atoms with E-state index in [9.17, 15) is 4.79 Å². The lowest BCUT2D eigenvalue weighted by Gasteiger charge is -2.06. The summed E-state index contributed by atoms with van der Waals surface area (Å²) in [7, 11) is 0. The molecule has 1 N–H and O–H groups in total. The second kappa shape index (κ2) is 7.23. The largest absolute Gasteiger partial charge is 0.316 e. The molecule has 0 aliphatic carbocycles. The number of nitrogens with one attached hydrogen (secondary N) is 1. The average Bonchev–Trinajstić information content (AvgIpc) is 2.27. The number of aryl methyl sites for hydroxylation is 2. The molecule has 0 bridgehead atoms. The molecule has 1 aromatic rings. The van der Waals surface area contributed by atoms with Crippen molar-refractivity contribution in [2.24, 2.45) is 0 Å². The molecular formula is C15H23NO. The molecule has 0 amide bonds. The standard InChI is InChI=1S/C15H23NO/c1-12-6-7-15(11-13(12)2)8-10-16-9-4-5-14(3)17/h6-7,11,16H,4-5,8-10H2,1-3H3. The lowest BCUT2D eigenvalue weighted by molar-refractivity contribution is -0.117. The third-order valence-corrected chi connectivity index (χ3v) is 3.04. The third-order valence-electron chi connectivity index (χ3n) is 3.04. The summed E-state index contributed by atoms with van der Waals surface area (Å²) in [6, 6.07) is 6.63. The maximum absolute atomic E-state index is 10.7. The highest BCUT2D eigenvalue weighted by Gasteiger charge is 1.97. The number of rotatable bonds is 7. The molecule has 2 nitrogen and oxygen atoms in total. The number of hydrogen-bond acceptors (Lipinski definition) is 2. The summed E-state index contributed by atoms with van der Waals surface area (Å²) < 4.78 is 0. The summed E-state index contributed by atoms with van der Waals surface area (Å²) in [5, 5.41) is 3.37. The van der Waals surface area contributed by atoms with Crippen LogP contribution in [0, 0.1) is 13.8 Å². The Bertz CT molecular complexity index is 371. The van der Waals surface area contributed by atoms with Crippen molar-refractivity contribution in [2.45, 2.75) is 40.0 Å². The van der Waals surface area contributed by atoms with Crippen LogP contribution in [0.4, 0.5) is 0 Å². The topological polar surface area (TPSA) is 29.1 Å². The predicted octanol–water partition coefficient (Wildman–Crippen LogP) is 2.80. The molecule has 0 radical (unpaired) electrons. The van der Waals surface area contributed by atoms with E-state index in [1.165, 1.54) is 16.7 Å². The van der Waals surface area contributed by atoms with Gasteiger partial charge in [0.1, 0.15) is 5.78 Å². The van der Waals surface area contributed by atoms with Crippen LogP contribution in [-0.4, -0.2) is 18.9 Å². The highest BCUT2D eigenvalue weighted by Crippen LogP contribution is 2.09. The summed E-state index contributed by atoms with van der Waals surface area (Å²) in [5.74, 6) is 0.279. The van der Waals surface area contributed by atoms with Gasteiger partial charge in [-0.3, -0.25) is 0 Å². The van der Waals surface area contributed by atoms with E-state index in [1.807, 2.05) is 0 Å². The summed E-state index contributed by atoms with van der Waals surface area (Å²) in [6.45, 7) is 7.86. The quantitative estimate of drug-likeness (QED) is 0.734. The van der Waals surface area contributed by atoms with Crippen molar-refractivity contribution in [1.82, 2.24) is 5.32 Å². The summed E-state index contributed by atoms with van der Waals surface area (Å²) >= 11 is 0. The van der Waals surface area contributed by atoms with Crippen LogP contribution in [0.1, 0.15) is 36.5 Å². The lowest BCUT2D eigenvalue weighted by Crippen LogP contribution is -2.19. The normalized spacial score (nSPS) is 10.5. The average molecular weight is 233 g/mol. The van der Waals surface area contributed by atoms with Crippen molar-refractivity contribution in [3.8, 4) is 0 Å². The van der Waals surface area contributed by atoms with Gasteiger partial charge in [0.25, 0.3) is 0 Å². The monoisotopic (exact) mass is 233 g/mol. The first kappa shape index (κ1) is 13.9. The van der Waals surface area contributed by atoms with Gasteiger partial charge in [-0.15, -0.1) is 0 Å². The second-order valence-electron chi connectivity index (χ2n) is 4.72. The molecule has 1 rings (SSSR count). The molecular weight excluding hydrogens is 210 g/mol. The Balaban J connectivity index is 2.18. The zero-order valence-corrected chi connectivity index (χ0v) is 11.2. The first-order valence-electron chi connectivity index (χ1n) is 6.36. The van der Waals surface area contributed by atoms with Gasteiger partial charge in [0, 0.05) is 6.42 Å². The van der Waals surface area contributed by atoms with E-state index in [1.54, 1.807) is 6.92 Å². The van der Waals surface area contributed by atoms with Gasteiger partial charge in [-0.2, -0.15) is 0 Å². The highest BCUT2D eigenvalue weighted by molar-refractivity contribution is 5.75.